The van der Waals surface area contributed by atoms with Gasteiger partial charge in [-0.05, 0) is 0 Å². The predicted molar refractivity (Wildman–Crippen MR) is 38.3 cm³/mol. The van der Waals surface area contributed by atoms with E-state index in [2.05, 4.69) is 17.0 Å². The molecule has 0 aromatic carbocycles. The van der Waals surface area contributed by atoms with Gasteiger partial charge in [0.25, 0.3) is 0 Å². The standard InChI is InChI=1S/C6H11N3/c1-2-3-8-9-5-4-7-6-9/h2,6,8H,1,3-5H2. The lowest BCUT2D eigenvalue weighted by Crippen LogP contribution is -2.35. The van der Waals surface area contributed by atoms with Gasteiger partial charge in [-0.15, -0.1) is 6.58 Å². The maximum Gasteiger partial charge on any atom is 0.0993 e. The van der Waals surface area contributed by atoms with Crippen molar-refractivity contribution in [1.82, 2.24) is 10.4 Å². The maximum atomic E-state index is 4.02. The van der Waals surface area contributed by atoms with Gasteiger partial charge in [0.2, 0.25) is 0 Å². The SMILES string of the molecule is C=CCNN1C=NCC1. The number of hydrogen-bond donors (Lipinski definition) is 1. The van der Waals surface area contributed by atoms with Crippen molar-refractivity contribution in [1.29, 1.82) is 0 Å². The number of nitrogens with one attached hydrogen (secondary N) is 1. The summed E-state index contributed by atoms with van der Waals surface area (Å²) in [4.78, 5) is 4.02. The van der Waals surface area contributed by atoms with Crippen LogP contribution in [-0.2, 0) is 0 Å². The lowest BCUT2D eigenvalue weighted by Gasteiger charge is -2.12. The Morgan fingerprint density at radius 1 is 1.89 bits per heavy atom. The van der Waals surface area contributed by atoms with Gasteiger partial charge in [0.15, 0.2) is 0 Å². The molecule has 0 saturated carbocycles. The van der Waals surface area contributed by atoms with E-state index in [1.807, 2.05) is 17.4 Å². The maximum absolute atomic E-state index is 4.02. The molecule has 0 radical (unpaired) electrons. The zero-order valence-electron chi connectivity index (χ0n) is 5.38. The Balaban J connectivity index is 2.12. The lowest BCUT2D eigenvalue weighted by atomic mass is 10.6. The molecular formula is C6H11N3. The molecule has 50 valence electrons. The minimum absolute atomic E-state index is 0.812. The van der Waals surface area contributed by atoms with Crippen LogP contribution in [0.4, 0.5) is 0 Å². The van der Waals surface area contributed by atoms with Gasteiger partial charge in [-0.2, -0.15) is 0 Å². The molecular weight excluding hydrogens is 114 g/mol. The van der Waals surface area contributed by atoms with Crippen LogP contribution in [0, 0.1) is 0 Å². The van der Waals surface area contributed by atoms with Gasteiger partial charge < -0.3 is 0 Å². The summed E-state index contributed by atoms with van der Waals surface area (Å²) in [5.41, 5.74) is 3.10. The molecule has 0 saturated heterocycles. The van der Waals surface area contributed by atoms with Crippen LogP contribution in [0.1, 0.15) is 0 Å². The van der Waals surface area contributed by atoms with Crippen molar-refractivity contribution in [3.05, 3.63) is 12.7 Å². The van der Waals surface area contributed by atoms with E-state index in [4.69, 9.17) is 0 Å². The minimum Gasteiger partial charge on any atom is -0.296 e. The summed E-state index contributed by atoms with van der Waals surface area (Å²) in [5, 5.41) is 1.96. The Bertz CT molecular complexity index is 119. The van der Waals surface area contributed by atoms with Gasteiger partial charge in [-0.25, -0.2) is 5.43 Å². The van der Waals surface area contributed by atoms with Gasteiger partial charge in [-0.3, -0.25) is 10.0 Å². The second-order valence-electron chi connectivity index (χ2n) is 1.87. The van der Waals surface area contributed by atoms with E-state index in [0.29, 0.717) is 0 Å². The Labute approximate surface area is 55.0 Å². The third-order valence-corrected chi connectivity index (χ3v) is 1.13. The first-order valence-electron chi connectivity index (χ1n) is 3.04. The second kappa shape index (κ2) is 3.25. The van der Waals surface area contributed by atoms with Crippen molar-refractivity contribution in [3.63, 3.8) is 0 Å². The smallest absolute Gasteiger partial charge is 0.0993 e. The van der Waals surface area contributed by atoms with E-state index < -0.39 is 0 Å². The summed E-state index contributed by atoms with van der Waals surface area (Å²) in [5.74, 6) is 0. The van der Waals surface area contributed by atoms with Crippen LogP contribution in [0.15, 0.2) is 17.6 Å². The average Bonchev–Trinajstić information content (AvgIpc) is 2.34. The number of aliphatic imine (C=N–C) groups is 1. The highest BCUT2D eigenvalue weighted by atomic mass is 15.5. The molecule has 0 spiro atoms. The molecule has 9 heavy (non-hydrogen) atoms. The fourth-order valence-electron chi connectivity index (χ4n) is 0.681. The van der Waals surface area contributed by atoms with Gasteiger partial charge in [0.1, 0.15) is 0 Å². The molecule has 0 fully saturated rings. The van der Waals surface area contributed by atoms with Crippen LogP contribution in [0.3, 0.4) is 0 Å². The molecule has 0 atom stereocenters. The first kappa shape index (κ1) is 6.29. The van der Waals surface area contributed by atoms with E-state index in [-0.39, 0.29) is 0 Å². The molecule has 1 aliphatic heterocycles. The van der Waals surface area contributed by atoms with E-state index >= 15 is 0 Å². The van der Waals surface area contributed by atoms with E-state index in [0.717, 1.165) is 19.6 Å². The molecule has 0 aromatic rings. The van der Waals surface area contributed by atoms with Gasteiger partial charge >= 0.3 is 0 Å². The van der Waals surface area contributed by atoms with Crippen molar-refractivity contribution < 1.29 is 0 Å². The fourth-order valence-corrected chi connectivity index (χ4v) is 0.681. The summed E-state index contributed by atoms with van der Waals surface area (Å²) in [6.45, 7) is 6.29. The van der Waals surface area contributed by atoms with Crippen molar-refractivity contribution in [3.8, 4) is 0 Å². The zero-order chi connectivity index (χ0) is 6.53. The van der Waals surface area contributed by atoms with Gasteiger partial charge in [0, 0.05) is 6.54 Å². The molecule has 0 aliphatic carbocycles. The molecule has 3 nitrogen and oxygen atoms in total. The Hall–Kier alpha value is -0.830. The summed E-state index contributed by atoms with van der Waals surface area (Å²) in [7, 11) is 0. The Kier molecular flexibility index (Phi) is 2.27. The quantitative estimate of drug-likeness (QED) is 0.538. The molecule has 1 aliphatic rings. The van der Waals surface area contributed by atoms with Gasteiger partial charge in [0.05, 0.1) is 19.4 Å². The number of hydrogen-bond acceptors (Lipinski definition) is 3. The van der Waals surface area contributed by atoms with Crippen molar-refractivity contribution in [2.75, 3.05) is 19.6 Å². The molecule has 0 amide bonds. The molecule has 3 heteroatoms. The Morgan fingerprint density at radius 3 is 3.33 bits per heavy atom. The minimum atomic E-state index is 0.812. The number of hydrazine groups is 1. The highest BCUT2D eigenvalue weighted by Crippen LogP contribution is 1.86. The van der Waals surface area contributed by atoms with Crippen molar-refractivity contribution >= 4 is 6.34 Å². The first-order valence-corrected chi connectivity index (χ1v) is 3.04. The van der Waals surface area contributed by atoms with E-state index in [1.165, 1.54) is 0 Å². The summed E-state index contributed by atoms with van der Waals surface area (Å²) >= 11 is 0. The highest BCUT2D eigenvalue weighted by Gasteiger charge is 2.00. The summed E-state index contributed by atoms with van der Waals surface area (Å²) in [6, 6.07) is 0. The lowest BCUT2D eigenvalue weighted by molar-refractivity contribution is 0.362. The van der Waals surface area contributed by atoms with Crippen molar-refractivity contribution in [2.45, 2.75) is 0 Å². The number of nitrogens with zero attached hydrogens (tertiary/aromatic N) is 2. The molecule has 1 N–H and O–H groups in total. The van der Waals surface area contributed by atoms with Crippen LogP contribution in [0.25, 0.3) is 0 Å². The topological polar surface area (TPSA) is 27.6 Å². The van der Waals surface area contributed by atoms with E-state index in [1.54, 1.807) is 0 Å². The highest BCUT2D eigenvalue weighted by molar-refractivity contribution is 5.56. The van der Waals surface area contributed by atoms with Crippen LogP contribution in [0.2, 0.25) is 0 Å². The summed E-state index contributed by atoms with van der Waals surface area (Å²) < 4.78 is 0. The van der Waals surface area contributed by atoms with Crippen LogP contribution >= 0.6 is 0 Å². The third-order valence-electron chi connectivity index (χ3n) is 1.13. The monoisotopic (exact) mass is 125 g/mol. The van der Waals surface area contributed by atoms with Crippen LogP contribution < -0.4 is 5.43 Å². The molecule has 0 aromatic heterocycles. The molecule has 0 unspecified atom stereocenters. The van der Waals surface area contributed by atoms with Crippen LogP contribution in [0.5, 0.6) is 0 Å². The predicted octanol–water partition coefficient (Wildman–Crippen LogP) is 0.0209. The average molecular weight is 125 g/mol. The second-order valence-corrected chi connectivity index (χ2v) is 1.87. The molecule has 1 heterocycles. The van der Waals surface area contributed by atoms with E-state index in [9.17, 15) is 0 Å². The molecule has 0 bridgehead atoms. The largest absolute Gasteiger partial charge is 0.296 e. The third kappa shape index (κ3) is 1.85. The zero-order valence-corrected chi connectivity index (χ0v) is 5.38. The van der Waals surface area contributed by atoms with Gasteiger partial charge in [-0.1, -0.05) is 6.08 Å². The number of rotatable bonds is 3. The summed E-state index contributed by atoms with van der Waals surface area (Å²) in [6.07, 6.45) is 3.63. The first-order chi connectivity index (χ1) is 4.43. The molecule has 1 rings (SSSR count). The fraction of sp³-hybridized carbons (Fsp3) is 0.500. The van der Waals surface area contributed by atoms with Crippen LogP contribution in [-0.4, -0.2) is 31.0 Å². The Morgan fingerprint density at radius 2 is 2.78 bits per heavy atom. The van der Waals surface area contributed by atoms with Crippen molar-refractivity contribution in [2.24, 2.45) is 4.99 Å². The normalized spacial score (nSPS) is 16.7.